The van der Waals surface area contributed by atoms with Gasteiger partial charge in [-0.05, 0) is 97.7 Å². The molecule has 2 aromatic rings. The van der Waals surface area contributed by atoms with Gasteiger partial charge in [-0.25, -0.2) is 4.39 Å². The molecule has 0 unspecified atom stereocenters. The number of hydrogen-bond donors (Lipinski definition) is 0. The third kappa shape index (κ3) is 6.17. The minimum atomic E-state index is -0.242. The lowest BCUT2D eigenvalue weighted by atomic mass is 9.72. The van der Waals surface area contributed by atoms with Crippen LogP contribution < -0.4 is 4.74 Å². The number of aryl methyl sites for hydroxylation is 1. The van der Waals surface area contributed by atoms with Crippen molar-refractivity contribution in [2.45, 2.75) is 78.7 Å². The largest absolute Gasteiger partial charge is 0.490 e. The predicted molar refractivity (Wildman–Crippen MR) is 121 cm³/mol. The maximum absolute atomic E-state index is 13.9. The van der Waals surface area contributed by atoms with Crippen LogP contribution in [0.25, 0.3) is 11.1 Å². The van der Waals surface area contributed by atoms with Gasteiger partial charge >= 0.3 is 0 Å². The van der Waals surface area contributed by atoms with Crippen LogP contribution in [0.4, 0.5) is 4.39 Å². The third-order valence-corrected chi connectivity index (χ3v) is 6.39. The average molecular weight is 411 g/mol. The quantitative estimate of drug-likeness (QED) is 0.476. The van der Waals surface area contributed by atoms with E-state index in [1.54, 1.807) is 19.1 Å². The number of halogens is 1. The number of ketones is 1. The number of Topliss-reactive ketones (excluding diaryl/α,β-unsaturated/α-hetero) is 1. The summed E-state index contributed by atoms with van der Waals surface area (Å²) in [5.41, 5.74) is 3.34. The van der Waals surface area contributed by atoms with Gasteiger partial charge in [0.1, 0.15) is 17.3 Å². The number of carbonyl (C=O) groups is 1. The molecule has 0 aromatic heterocycles. The van der Waals surface area contributed by atoms with E-state index in [1.165, 1.54) is 18.9 Å². The van der Waals surface area contributed by atoms with Crippen molar-refractivity contribution in [3.63, 3.8) is 0 Å². The molecule has 0 amide bonds. The topological polar surface area (TPSA) is 26.3 Å². The van der Waals surface area contributed by atoms with Gasteiger partial charge in [-0.3, -0.25) is 0 Å². The van der Waals surface area contributed by atoms with Crippen molar-refractivity contribution in [1.29, 1.82) is 0 Å². The first-order valence-corrected chi connectivity index (χ1v) is 11.3. The molecular weight excluding hydrogens is 375 g/mol. The molecule has 3 rings (SSSR count). The first kappa shape index (κ1) is 22.5. The Bertz CT molecular complexity index is 857. The summed E-state index contributed by atoms with van der Waals surface area (Å²) in [5, 5.41) is 0. The molecule has 1 aliphatic carbocycles. The highest BCUT2D eigenvalue weighted by Crippen LogP contribution is 2.39. The highest BCUT2D eigenvalue weighted by molar-refractivity contribution is 5.75. The number of rotatable bonds is 7. The van der Waals surface area contributed by atoms with Crippen LogP contribution in [-0.2, 0) is 11.2 Å². The van der Waals surface area contributed by atoms with Crippen LogP contribution in [0.3, 0.4) is 0 Å². The number of carbonyl (C=O) groups excluding carboxylic acids is 1. The van der Waals surface area contributed by atoms with Gasteiger partial charge in [-0.15, -0.1) is 0 Å². The monoisotopic (exact) mass is 410 g/mol. The minimum Gasteiger partial charge on any atom is -0.490 e. The molecule has 3 heteroatoms. The lowest BCUT2D eigenvalue weighted by molar-refractivity contribution is -0.117. The van der Waals surface area contributed by atoms with Crippen LogP contribution >= 0.6 is 0 Å². The Hall–Kier alpha value is -2.16. The maximum atomic E-state index is 13.9. The van der Waals surface area contributed by atoms with E-state index in [0.29, 0.717) is 11.8 Å². The van der Waals surface area contributed by atoms with Gasteiger partial charge < -0.3 is 9.53 Å². The summed E-state index contributed by atoms with van der Waals surface area (Å²) in [6.07, 6.45) is 6.97. The lowest BCUT2D eigenvalue weighted by Crippen LogP contribution is -2.30. The second kappa shape index (κ2) is 9.76. The van der Waals surface area contributed by atoms with E-state index >= 15 is 0 Å². The van der Waals surface area contributed by atoms with Gasteiger partial charge in [-0.2, -0.15) is 0 Å². The molecule has 0 heterocycles. The smallest absolute Gasteiger partial charge is 0.129 e. The fourth-order valence-electron chi connectivity index (χ4n) is 4.54. The first-order chi connectivity index (χ1) is 14.2. The number of hydrogen-bond acceptors (Lipinski definition) is 2. The Kier molecular flexibility index (Phi) is 7.33. The van der Waals surface area contributed by atoms with Gasteiger partial charge in [0.25, 0.3) is 0 Å². The summed E-state index contributed by atoms with van der Waals surface area (Å²) in [6, 6.07) is 12.9. The highest BCUT2D eigenvalue weighted by atomic mass is 19.1. The van der Waals surface area contributed by atoms with Crippen molar-refractivity contribution in [1.82, 2.24) is 0 Å². The lowest BCUT2D eigenvalue weighted by Gasteiger charge is -2.37. The number of benzene rings is 2. The van der Waals surface area contributed by atoms with Crippen LogP contribution in [0.2, 0.25) is 0 Å². The molecule has 162 valence electrons. The normalized spacial score (nSPS) is 19.5. The molecule has 0 saturated heterocycles. The standard InChI is InChI=1S/C27H35FO2/c1-19(29)7-5-8-20-11-14-25(18-26(20)21-9-6-10-23(28)17-21)30-24-15-12-22(13-16-24)27(2,3)4/h6,9-11,14,17-18,22,24H,5,7-8,12-13,15-16H2,1-4H3. The van der Waals surface area contributed by atoms with E-state index < -0.39 is 0 Å². The zero-order valence-electron chi connectivity index (χ0n) is 18.8. The zero-order chi connectivity index (χ0) is 21.7. The van der Waals surface area contributed by atoms with E-state index in [-0.39, 0.29) is 17.7 Å². The van der Waals surface area contributed by atoms with E-state index in [1.807, 2.05) is 18.2 Å². The molecule has 1 fully saturated rings. The minimum absolute atomic E-state index is 0.202. The van der Waals surface area contributed by atoms with Gasteiger partial charge in [0.2, 0.25) is 0 Å². The molecule has 0 atom stereocenters. The third-order valence-electron chi connectivity index (χ3n) is 6.39. The van der Waals surface area contributed by atoms with Crippen molar-refractivity contribution >= 4 is 5.78 Å². The van der Waals surface area contributed by atoms with Gasteiger partial charge in [0.15, 0.2) is 0 Å². The Morgan fingerprint density at radius 1 is 1.07 bits per heavy atom. The van der Waals surface area contributed by atoms with Crippen molar-refractivity contribution in [2.75, 3.05) is 0 Å². The van der Waals surface area contributed by atoms with Crippen LogP contribution in [0.5, 0.6) is 5.75 Å². The van der Waals surface area contributed by atoms with Crippen molar-refractivity contribution in [3.05, 3.63) is 53.8 Å². The first-order valence-electron chi connectivity index (χ1n) is 11.3. The van der Waals surface area contributed by atoms with E-state index in [0.717, 1.165) is 54.0 Å². The molecule has 0 radical (unpaired) electrons. The van der Waals surface area contributed by atoms with Crippen LogP contribution in [0.1, 0.15) is 71.8 Å². The summed E-state index contributed by atoms with van der Waals surface area (Å²) < 4.78 is 20.2. The second-order valence-corrected chi connectivity index (χ2v) is 9.84. The van der Waals surface area contributed by atoms with Crippen molar-refractivity contribution < 1.29 is 13.9 Å². The molecule has 1 aliphatic rings. The fourth-order valence-corrected chi connectivity index (χ4v) is 4.54. The molecule has 1 saturated carbocycles. The molecular formula is C27H35FO2. The molecule has 30 heavy (non-hydrogen) atoms. The van der Waals surface area contributed by atoms with Crippen molar-refractivity contribution in [3.8, 4) is 16.9 Å². The van der Waals surface area contributed by atoms with Gasteiger partial charge in [0.05, 0.1) is 6.10 Å². The summed E-state index contributed by atoms with van der Waals surface area (Å²) in [7, 11) is 0. The summed E-state index contributed by atoms with van der Waals surface area (Å²) in [5.74, 6) is 1.56. The Morgan fingerprint density at radius 2 is 1.80 bits per heavy atom. The molecule has 0 bridgehead atoms. The predicted octanol–water partition coefficient (Wildman–Crippen LogP) is 7.39. The Labute approximate surface area is 180 Å². The van der Waals surface area contributed by atoms with Gasteiger partial charge in [0, 0.05) is 6.42 Å². The van der Waals surface area contributed by atoms with Crippen LogP contribution in [0.15, 0.2) is 42.5 Å². The average Bonchev–Trinajstić information content (AvgIpc) is 2.68. The fraction of sp³-hybridized carbons (Fsp3) is 0.519. The van der Waals surface area contributed by atoms with Crippen LogP contribution in [0, 0.1) is 17.2 Å². The maximum Gasteiger partial charge on any atom is 0.129 e. The highest BCUT2D eigenvalue weighted by Gasteiger charge is 2.30. The van der Waals surface area contributed by atoms with E-state index in [9.17, 15) is 9.18 Å². The van der Waals surface area contributed by atoms with E-state index in [2.05, 4.69) is 26.8 Å². The van der Waals surface area contributed by atoms with Gasteiger partial charge in [-0.1, -0.05) is 39.0 Å². The molecule has 0 aliphatic heterocycles. The SMILES string of the molecule is CC(=O)CCCc1ccc(OC2CCC(C(C)(C)C)CC2)cc1-c1cccc(F)c1. The Balaban J connectivity index is 1.76. The number of ether oxygens (including phenoxy) is 1. The summed E-state index contributed by atoms with van der Waals surface area (Å²) in [4.78, 5) is 11.3. The Morgan fingerprint density at radius 3 is 2.43 bits per heavy atom. The molecule has 0 N–H and O–H groups in total. The molecule has 0 spiro atoms. The van der Waals surface area contributed by atoms with Crippen LogP contribution in [-0.4, -0.2) is 11.9 Å². The summed E-state index contributed by atoms with van der Waals surface area (Å²) in [6.45, 7) is 8.61. The van der Waals surface area contributed by atoms with E-state index in [4.69, 9.17) is 4.74 Å². The second-order valence-electron chi connectivity index (χ2n) is 9.84. The van der Waals surface area contributed by atoms with Crippen molar-refractivity contribution in [2.24, 2.45) is 11.3 Å². The zero-order valence-corrected chi connectivity index (χ0v) is 18.8. The molecule has 2 nitrogen and oxygen atoms in total. The molecule has 2 aromatic carbocycles. The summed E-state index contributed by atoms with van der Waals surface area (Å²) >= 11 is 0.